The Balaban J connectivity index is 2.42. The molecule has 4 heteroatoms. The number of nitrogens with two attached hydrogens (primary N) is 1. The normalized spacial score (nSPS) is 13.1. The van der Waals surface area contributed by atoms with Crippen molar-refractivity contribution in [2.45, 2.75) is 39.7 Å². The zero-order valence-corrected chi connectivity index (χ0v) is 11.9. The number of rotatable bonds is 6. The average molecular weight is 264 g/mol. The third kappa shape index (κ3) is 4.91. The van der Waals surface area contributed by atoms with Crippen LogP contribution in [-0.2, 0) is 11.2 Å². The molecule has 0 bridgehead atoms. The minimum absolute atomic E-state index is 0.00629. The number of amides is 1. The van der Waals surface area contributed by atoms with Crippen LogP contribution in [0.3, 0.4) is 0 Å². The van der Waals surface area contributed by atoms with E-state index in [1.807, 2.05) is 32.9 Å². The summed E-state index contributed by atoms with van der Waals surface area (Å²) in [4.78, 5) is 11.9. The molecule has 0 radical (unpaired) electrons. The van der Waals surface area contributed by atoms with Crippen molar-refractivity contribution in [1.29, 1.82) is 0 Å². The number of hydrogen-bond donors (Lipinski definition) is 3. The summed E-state index contributed by atoms with van der Waals surface area (Å²) in [7, 11) is 0. The Morgan fingerprint density at radius 2 is 1.95 bits per heavy atom. The van der Waals surface area contributed by atoms with Crippen molar-refractivity contribution in [3.63, 3.8) is 0 Å². The standard InChI is InChI=1S/C15H24N2O2/c1-11(17-14(19)15(2,3)10-16)4-5-12-6-8-13(18)9-7-12/h6-9,11,18H,4-5,10,16H2,1-3H3,(H,17,19). The van der Waals surface area contributed by atoms with E-state index in [1.54, 1.807) is 12.1 Å². The molecular formula is C15H24N2O2. The zero-order valence-electron chi connectivity index (χ0n) is 11.9. The van der Waals surface area contributed by atoms with Crippen molar-refractivity contribution in [3.8, 4) is 5.75 Å². The molecule has 0 saturated heterocycles. The highest BCUT2D eigenvalue weighted by molar-refractivity contribution is 5.82. The first-order chi connectivity index (χ1) is 8.85. The van der Waals surface area contributed by atoms with Gasteiger partial charge in [0.1, 0.15) is 5.75 Å². The summed E-state index contributed by atoms with van der Waals surface area (Å²) in [6.07, 6.45) is 1.72. The summed E-state index contributed by atoms with van der Waals surface area (Å²) >= 11 is 0. The van der Waals surface area contributed by atoms with Gasteiger partial charge in [0.2, 0.25) is 5.91 Å². The maximum atomic E-state index is 11.9. The molecule has 1 aromatic carbocycles. The molecule has 1 atom stereocenters. The van der Waals surface area contributed by atoms with Gasteiger partial charge in [0, 0.05) is 12.6 Å². The van der Waals surface area contributed by atoms with Crippen molar-refractivity contribution in [2.75, 3.05) is 6.54 Å². The van der Waals surface area contributed by atoms with Crippen LogP contribution in [-0.4, -0.2) is 23.6 Å². The van der Waals surface area contributed by atoms with Gasteiger partial charge in [-0.2, -0.15) is 0 Å². The summed E-state index contributed by atoms with van der Waals surface area (Å²) in [6, 6.07) is 7.25. The Hall–Kier alpha value is -1.55. The van der Waals surface area contributed by atoms with Gasteiger partial charge in [-0.1, -0.05) is 12.1 Å². The fourth-order valence-corrected chi connectivity index (χ4v) is 1.63. The van der Waals surface area contributed by atoms with Crippen LogP contribution in [0, 0.1) is 5.41 Å². The fourth-order valence-electron chi connectivity index (χ4n) is 1.63. The number of hydrogen-bond acceptors (Lipinski definition) is 3. The van der Waals surface area contributed by atoms with Crippen LogP contribution in [0.4, 0.5) is 0 Å². The second-order valence-electron chi connectivity index (χ2n) is 5.67. The lowest BCUT2D eigenvalue weighted by atomic mass is 9.92. The van der Waals surface area contributed by atoms with E-state index in [4.69, 9.17) is 5.73 Å². The van der Waals surface area contributed by atoms with Crippen molar-refractivity contribution in [3.05, 3.63) is 29.8 Å². The third-order valence-corrected chi connectivity index (χ3v) is 3.30. The maximum Gasteiger partial charge on any atom is 0.227 e. The number of aromatic hydroxyl groups is 1. The molecule has 0 aromatic heterocycles. The van der Waals surface area contributed by atoms with E-state index < -0.39 is 5.41 Å². The van der Waals surface area contributed by atoms with Crippen LogP contribution < -0.4 is 11.1 Å². The lowest BCUT2D eigenvalue weighted by Crippen LogP contribution is -2.45. The Morgan fingerprint density at radius 3 is 2.47 bits per heavy atom. The molecule has 1 aromatic rings. The SMILES string of the molecule is CC(CCc1ccc(O)cc1)NC(=O)C(C)(C)CN. The van der Waals surface area contributed by atoms with Gasteiger partial charge in [0.15, 0.2) is 0 Å². The van der Waals surface area contributed by atoms with E-state index in [1.165, 1.54) is 0 Å². The average Bonchev–Trinajstić information content (AvgIpc) is 2.38. The van der Waals surface area contributed by atoms with E-state index in [0.29, 0.717) is 6.54 Å². The maximum absolute atomic E-state index is 11.9. The van der Waals surface area contributed by atoms with Gasteiger partial charge in [-0.25, -0.2) is 0 Å². The molecule has 106 valence electrons. The summed E-state index contributed by atoms with van der Waals surface area (Å²) < 4.78 is 0. The highest BCUT2D eigenvalue weighted by atomic mass is 16.3. The Morgan fingerprint density at radius 1 is 1.37 bits per heavy atom. The van der Waals surface area contributed by atoms with Gasteiger partial charge >= 0.3 is 0 Å². The third-order valence-electron chi connectivity index (χ3n) is 3.30. The summed E-state index contributed by atoms with van der Waals surface area (Å²) in [6.45, 7) is 6.01. The van der Waals surface area contributed by atoms with Gasteiger partial charge in [-0.3, -0.25) is 4.79 Å². The number of aryl methyl sites for hydroxylation is 1. The van der Waals surface area contributed by atoms with Crippen molar-refractivity contribution < 1.29 is 9.90 Å². The fraction of sp³-hybridized carbons (Fsp3) is 0.533. The second-order valence-corrected chi connectivity index (χ2v) is 5.67. The predicted octanol–water partition coefficient (Wildman–Crippen LogP) is 1.81. The van der Waals surface area contributed by atoms with Gasteiger partial charge < -0.3 is 16.2 Å². The minimum Gasteiger partial charge on any atom is -0.508 e. The quantitative estimate of drug-likeness (QED) is 0.733. The largest absolute Gasteiger partial charge is 0.508 e. The van der Waals surface area contributed by atoms with Crippen LogP contribution >= 0.6 is 0 Å². The summed E-state index contributed by atoms with van der Waals surface area (Å²) in [5.41, 5.74) is 6.21. The van der Waals surface area contributed by atoms with Crippen LogP contribution in [0.2, 0.25) is 0 Å². The Kier molecular flexibility index (Phi) is 5.36. The van der Waals surface area contributed by atoms with Crippen LogP contribution in [0.1, 0.15) is 32.8 Å². The van der Waals surface area contributed by atoms with E-state index in [0.717, 1.165) is 18.4 Å². The van der Waals surface area contributed by atoms with Gasteiger partial charge in [-0.15, -0.1) is 0 Å². The second kappa shape index (κ2) is 6.57. The summed E-state index contributed by atoms with van der Waals surface area (Å²) in [5, 5.41) is 12.2. The molecule has 0 fully saturated rings. The lowest BCUT2D eigenvalue weighted by Gasteiger charge is -2.24. The van der Waals surface area contributed by atoms with Crippen molar-refractivity contribution in [1.82, 2.24) is 5.32 Å². The molecule has 0 heterocycles. The van der Waals surface area contributed by atoms with Crippen LogP contribution in [0.15, 0.2) is 24.3 Å². The molecule has 1 unspecified atom stereocenters. The van der Waals surface area contributed by atoms with Gasteiger partial charge in [0.05, 0.1) is 5.41 Å². The van der Waals surface area contributed by atoms with E-state index in [2.05, 4.69) is 5.32 Å². The molecule has 0 aliphatic heterocycles. The zero-order chi connectivity index (χ0) is 14.5. The Labute approximate surface area is 115 Å². The molecule has 4 N–H and O–H groups in total. The number of phenolic OH excluding ortho intramolecular Hbond substituents is 1. The van der Waals surface area contributed by atoms with Gasteiger partial charge in [-0.05, 0) is 51.3 Å². The number of nitrogens with one attached hydrogen (secondary N) is 1. The number of carbonyl (C=O) groups is 1. The molecule has 19 heavy (non-hydrogen) atoms. The predicted molar refractivity (Wildman–Crippen MR) is 76.9 cm³/mol. The minimum atomic E-state index is -0.521. The highest BCUT2D eigenvalue weighted by Gasteiger charge is 2.26. The number of phenols is 1. The van der Waals surface area contributed by atoms with Crippen molar-refractivity contribution >= 4 is 5.91 Å². The van der Waals surface area contributed by atoms with Crippen LogP contribution in [0.25, 0.3) is 0 Å². The first-order valence-electron chi connectivity index (χ1n) is 6.64. The Bertz CT molecular complexity index is 413. The van der Waals surface area contributed by atoms with E-state index in [9.17, 15) is 9.90 Å². The number of benzene rings is 1. The lowest BCUT2D eigenvalue weighted by molar-refractivity contribution is -0.129. The van der Waals surface area contributed by atoms with Crippen LogP contribution in [0.5, 0.6) is 5.75 Å². The molecule has 0 saturated carbocycles. The molecule has 0 aliphatic rings. The molecular weight excluding hydrogens is 240 g/mol. The monoisotopic (exact) mass is 264 g/mol. The molecule has 1 rings (SSSR count). The van der Waals surface area contributed by atoms with Gasteiger partial charge in [0.25, 0.3) is 0 Å². The summed E-state index contributed by atoms with van der Waals surface area (Å²) in [5.74, 6) is 0.267. The smallest absolute Gasteiger partial charge is 0.227 e. The molecule has 0 aliphatic carbocycles. The molecule has 0 spiro atoms. The number of carbonyl (C=O) groups excluding carboxylic acids is 1. The molecule has 4 nitrogen and oxygen atoms in total. The van der Waals surface area contributed by atoms with E-state index >= 15 is 0 Å². The topological polar surface area (TPSA) is 75.3 Å². The first kappa shape index (κ1) is 15.5. The van der Waals surface area contributed by atoms with Crippen molar-refractivity contribution in [2.24, 2.45) is 11.1 Å². The van der Waals surface area contributed by atoms with E-state index in [-0.39, 0.29) is 17.7 Å². The molecule has 1 amide bonds. The highest BCUT2D eigenvalue weighted by Crippen LogP contribution is 2.14. The first-order valence-corrected chi connectivity index (χ1v) is 6.64.